The second-order valence-corrected chi connectivity index (χ2v) is 9.10. The lowest BCUT2D eigenvalue weighted by molar-refractivity contribution is -0.169. The van der Waals surface area contributed by atoms with E-state index in [2.05, 4.69) is 13.8 Å². The molecule has 1 aromatic carbocycles. The van der Waals surface area contributed by atoms with Crippen molar-refractivity contribution in [3.8, 4) is 5.75 Å². The minimum Gasteiger partial charge on any atom is -0.508 e. The number of benzene rings is 1. The number of phenols is 1. The summed E-state index contributed by atoms with van der Waals surface area (Å²) in [7, 11) is 0. The maximum Gasteiger partial charge on any atom is 0.303 e. The Bertz CT molecular complexity index is 794. The Kier molecular flexibility index (Phi) is 4.66. The lowest BCUT2D eigenvalue weighted by Gasteiger charge is -2.39. The molecule has 0 saturated heterocycles. The molecule has 0 aromatic heterocycles. The van der Waals surface area contributed by atoms with Crippen LogP contribution >= 0.6 is 0 Å². The van der Waals surface area contributed by atoms with Gasteiger partial charge in [-0.05, 0) is 61.6 Å². The first kappa shape index (κ1) is 19.9. The summed E-state index contributed by atoms with van der Waals surface area (Å²) >= 11 is 0. The number of Topliss-reactive ketones (excluding diaryl/α,β-unsaturated/α-hetero) is 1. The monoisotopic (exact) mass is 374 g/mol. The van der Waals surface area contributed by atoms with E-state index in [4.69, 9.17) is 4.74 Å². The van der Waals surface area contributed by atoms with Gasteiger partial charge in [-0.25, -0.2) is 0 Å². The Labute approximate surface area is 160 Å². The van der Waals surface area contributed by atoms with Crippen LogP contribution in [0.1, 0.15) is 70.1 Å². The van der Waals surface area contributed by atoms with Gasteiger partial charge in [-0.1, -0.05) is 26.8 Å². The van der Waals surface area contributed by atoms with Gasteiger partial charge in [-0.3, -0.25) is 9.59 Å². The number of fused-ring (bicyclic) bond motifs is 3. The number of rotatable bonds is 2. The van der Waals surface area contributed by atoms with Crippen LogP contribution in [0.2, 0.25) is 0 Å². The van der Waals surface area contributed by atoms with Gasteiger partial charge >= 0.3 is 5.97 Å². The van der Waals surface area contributed by atoms with E-state index in [9.17, 15) is 19.8 Å². The van der Waals surface area contributed by atoms with Crippen LogP contribution in [0.15, 0.2) is 12.1 Å². The van der Waals surface area contributed by atoms with Crippen molar-refractivity contribution in [1.29, 1.82) is 0 Å². The van der Waals surface area contributed by atoms with Crippen LogP contribution in [0.25, 0.3) is 0 Å². The number of aromatic hydroxyl groups is 1. The third kappa shape index (κ3) is 2.87. The molecule has 148 valence electrons. The molecular weight excluding hydrogens is 344 g/mol. The molecule has 0 bridgehead atoms. The zero-order valence-corrected chi connectivity index (χ0v) is 17.0. The summed E-state index contributed by atoms with van der Waals surface area (Å²) in [6.45, 7) is 10.9. The van der Waals surface area contributed by atoms with Crippen LogP contribution in [-0.2, 0) is 19.9 Å². The summed E-state index contributed by atoms with van der Waals surface area (Å²) in [5.41, 5.74) is -0.622. The molecule has 27 heavy (non-hydrogen) atoms. The summed E-state index contributed by atoms with van der Waals surface area (Å²) in [6, 6.07) is 3.54. The van der Waals surface area contributed by atoms with Gasteiger partial charge in [0, 0.05) is 17.9 Å². The van der Waals surface area contributed by atoms with Crippen molar-refractivity contribution < 1.29 is 24.5 Å². The SMILES string of the molecule is CC(=O)OC1C(=O)C(C)(O)c2c(O)cc(C)cc2C2C(C(C)C)CCC12C. The number of esters is 1. The minimum atomic E-state index is -1.93. The molecule has 2 aliphatic rings. The summed E-state index contributed by atoms with van der Waals surface area (Å²) in [5, 5.41) is 21.9. The van der Waals surface area contributed by atoms with Crippen molar-refractivity contribution in [2.75, 3.05) is 0 Å². The molecule has 0 amide bonds. The van der Waals surface area contributed by atoms with Crippen LogP contribution in [0, 0.1) is 24.2 Å². The lowest BCUT2D eigenvalue weighted by atomic mass is 9.67. The Balaban J connectivity index is 2.36. The van der Waals surface area contributed by atoms with Gasteiger partial charge in [0.05, 0.1) is 0 Å². The van der Waals surface area contributed by atoms with Crippen LogP contribution in [-0.4, -0.2) is 28.1 Å². The molecular formula is C22H30O5. The maximum absolute atomic E-state index is 13.4. The van der Waals surface area contributed by atoms with Crippen molar-refractivity contribution in [2.24, 2.45) is 17.3 Å². The highest BCUT2D eigenvalue weighted by Gasteiger charge is 2.61. The van der Waals surface area contributed by atoms with E-state index in [-0.39, 0.29) is 23.1 Å². The minimum absolute atomic E-state index is 0.0800. The highest BCUT2D eigenvalue weighted by atomic mass is 16.5. The molecule has 2 N–H and O–H groups in total. The Morgan fingerprint density at radius 2 is 1.93 bits per heavy atom. The second kappa shape index (κ2) is 6.33. The molecule has 1 saturated carbocycles. The average Bonchev–Trinajstić information content (AvgIpc) is 2.86. The molecule has 1 fully saturated rings. The molecule has 1 aromatic rings. The Morgan fingerprint density at radius 3 is 2.48 bits per heavy atom. The zero-order chi connectivity index (χ0) is 20.3. The topological polar surface area (TPSA) is 83.8 Å². The fourth-order valence-electron chi connectivity index (χ4n) is 5.49. The smallest absolute Gasteiger partial charge is 0.303 e. The first-order valence-electron chi connectivity index (χ1n) is 9.69. The molecule has 0 aliphatic heterocycles. The Morgan fingerprint density at radius 1 is 1.30 bits per heavy atom. The first-order chi connectivity index (χ1) is 12.4. The van der Waals surface area contributed by atoms with Crippen molar-refractivity contribution in [3.05, 3.63) is 28.8 Å². The summed E-state index contributed by atoms with van der Waals surface area (Å²) in [5.74, 6) is -0.668. The van der Waals surface area contributed by atoms with Crippen molar-refractivity contribution in [2.45, 2.75) is 72.0 Å². The molecule has 0 spiro atoms. The number of ether oxygens (including phenoxy) is 1. The van der Waals surface area contributed by atoms with E-state index in [0.717, 1.165) is 17.5 Å². The van der Waals surface area contributed by atoms with Gasteiger partial charge in [0.1, 0.15) is 5.75 Å². The standard InChI is InChI=1S/C22H30O5/c1-11(2)14-7-8-21(5)17(14)15-9-12(3)10-16(24)18(15)22(6,26)19(25)20(21)27-13(4)23/h9-11,14,17,20,24,26H,7-8H2,1-6H3. The molecule has 5 unspecified atom stereocenters. The van der Waals surface area contributed by atoms with E-state index < -0.39 is 28.9 Å². The lowest BCUT2D eigenvalue weighted by Crippen LogP contribution is -2.48. The van der Waals surface area contributed by atoms with Gasteiger partial charge in [0.15, 0.2) is 11.7 Å². The summed E-state index contributed by atoms with van der Waals surface area (Å²) in [6.07, 6.45) is 0.569. The van der Waals surface area contributed by atoms with Crippen LogP contribution in [0.3, 0.4) is 0 Å². The van der Waals surface area contributed by atoms with Gasteiger partial charge in [0.2, 0.25) is 5.78 Å². The zero-order valence-electron chi connectivity index (χ0n) is 17.0. The van der Waals surface area contributed by atoms with Gasteiger partial charge in [0.25, 0.3) is 0 Å². The van der Waals surface area contributed by atoms with E-state index in [1.807, 2.05) is 19.9 Å². The second-order valence-electron chi connectivity index (χ2n) is 9.10. The number of hydrogen-bond acceptors (Lipinski definition) is 5. The summed E-state index contributed by atoms with van der Waals surface area (Å²) in [4.78, 5) is 25.2. The highest BCUT2D eigenvalue weighted by molar-refractivity contribution is 5.95. The third-order valence-electron chi connectivity index (χ3n) is 6.73. The van der Waals surface area contributed by atoms with Gasteiger partial charge in [-0.15, -0.1) is 0 Å². The Hall–Kier alpha value is -1.88. The first-order valence-corrected chi connectivity index (χ1v) is 9.69. The van der Waals surface area contributed by atoms with E-state index in [1.54, 1.807) is 6.07 Å². The van der Waals surface area contributed by atoms with E-state index >= 15 is 0 Å². The number of phenolic OH excluding ortho intramolecular Hbond substituents is 1. The molecule has 5 heteroatoms. The van der Waals surface area contributed by atoms with E-state index in [0.29, 0.717) is 12.3 Å². The van der Waals surface area contributed by atoms with Gasteiger partial charge < -0.3 is 14.9 Å². The molecule has 5 atom stereocenters. The number of aryl methyl sites for hydroxylation is 1. The largest absolute Gasteiger partial charge is 0.508 e. The average molecular weight is 374 g/mol. The normalized spacial score (nSPS) is 35.6. The predicted octanol–water partition coefficient (Wildman–Crippen LogP) is 3.58. The summed E-state index contributed by atoms with van der Waals surface area (Å²) < 4.78 is 5.54. The van der Waals surface area contributed by atoms with Crippen LogP contribution in [0.5, 0.6) is 5.75 Å². The fraction of sp³-hybridized carbons (Fsp3) is 0.636. The number of aliphatic hydroxyl groups is 1. The van der Waals surface area contributed by atoms with Crippen molar-refractivity contribution >= 4 is 11.8 Å². The molecule has 0 radical (unpaired) electrons. The van der Waals surface area contributed by atoms with Gasteiger partial charge in [-0.2, -0.15) is 0 Å². The molecule has 2 aliphatic carbocycles. The number of ketones is 1. The van der Waals surface area contributed by atoms with Crippen molar-refractivity contribution in [1.82, 2.24) is 0 Å². The number of carbonyl (C=O) groups excluding carboxylic acids is 2. The molecule has 0 heterocycles. The van der Waals surface area contributed by atoms with Crippen LogP contribution < -0.4 is 0 Å². The fourth-order valence-corrected chi connectivity index (χ4v) is 5.49. The number of carbonyl (C=O) groups is 2. The third-order valence-corrected chi connectivity index (χ3v) is 6.73. The highest BCUT2D eigenvalue weighted by Crippen LogP contribution is 2.62. The van der Waals surface area contributed by atoms with Crippen molar-refractivity contribution in [3.63, 3.8) is 0 Å². The number of hydrogen-bond donors (Lipinski definition) is 2. The molecule has 3 rings (SSSR count). The van der Waals surface area contributed by atoms with E-state index in [1.165, 1.54) is 13.8 Å². The molecule has 5 nitrogen and oxygen atoms in total. The van der Waals surface area contributed by atoms with Crippen LogP contribution in [0.4, 0.5) is 0 Å². The quantitative estimate of drug-likeness (QED) is 0.773. The maximum atomic E-state index is 13.4. The predicted molar refractivity (Wildman–Crippen MR) is 101 cm³/mol.